The molecule has 0 spiro atoms. The topological polar surface area (TPSA) is 23.8 Å². The largest absolute Gasteiger partial charge is 0.251 e. The van der Waals surface area contributed by atoms with Crippen molar-refractivity contribution in [2.75, 3.05) is 6.67 Å². The Hall–Kier alpha value is -1.62. The summed E-state index contributed by atoms with van der Waals surface area (Å²) in [6.45, 7) is -0.187. The molecule has 2 aliphatic carbocycles. The SMILES string of the molecule is N#Cc1ccc(CCC2CCC(C3CCC(C/C=C/CCCF)CC3)CC2)cc1. The Balaban J connectivity index is 1.30. The Labute approximate surface area is 177 Å². The molecule has 0 atom stereocenters. The molecular formula is C27H38FN. The van der Waals surface area contributed by atoms with Crippen molar-refractivity contribution >= 4 is 0 Å². The predicted molar refractivity (Wildman–Crippen MR) is 119 cm³/mol. The van der Waals surface area contributed by atoms with Gasteiger partial charge in [-0.1, -0.05) is 37.1 Å². The molecule has 2 saturated carbocycles. The highest BCUT2D eigenvalue weighted by molar-refractivity contribution is 5.31. The summed E-state index contributed by atoms with van der Waals surface area (Å²) >= 11 is 0. The highest BCUT2D eigenvalue weighted by atomic mass is 19.1. The number of nitrogens with zero attached hydrogens (tertiary/aromatic N) is 1. The molecule has 0 unspecified atom stereocenters. The molecule has 2 aliphatic rings. The molecule has 1 aromatic rings. The van der Waals surface area contributed by atoms with Crippen molar-refractivity contribution in [2.24, 2.45) is 23.7 Å². The van der Waals surface area contributed by atoms with E-state index in [9.17, 15) is 4.39 Å². The molecule has 2 fully saturated rings. The summed E-state index contributed by atoms with van der Waals surface area (Å²) in [5, 5.41) is 8.91. The molecular weight excluding hydrogens is 357 g/mol. The van der Waals surface area contributed by atoms with Gasteiger partial charge in [0.25, 0.3) is 0 Å². The average Bonchev–Trinajstić information content (AvgIpc) is 2.79. The molecule has 158 valence electrons. The monoisotopic (exact) mass is 395 g/mol. The summed E-state index contributed by atoms with van der Waals surface area (Å²) in [5.41, 5.74) is 2.14. The van der Waals surface area contributed by atoms with E-state index in [1.165, 1.54) is 69.8 Å². The van der Waals surface area contributed by atoms with Gasteiger partial charge in [-0.3, -0.25) is 4.39 Å². The molecule has 1 nitrogen and oxygen atoms in total. The van der Waals surface area contributed by atoms with Crippen molar-refractivity contribution in [2.45, 2.75) is 83.5 Å². The van der Waals surface area contributed by atoms with Crippen LogP contribution in [0.3, 0.4) is 0 Å². The van der Waals surface area contributed by atoms with Crippen molar-refractivity contribution in [3.63, 3.8) is 0 Å². The fourth-order valence-electron chi connectivity index (χ4n) is 5.56. The zero-order valence-electron chi connectivity index (χ0n) is 18.0. The second-order valence-corrected chi connectivity index (χ2v) is 9.45. The maximum absolute atomic E-state index is 12.1. The van der Waals surface area contributed by atoms with Gasteiger partial charge in [0.15, 0.2) is 0 Å². The van der Waals surface area contributed by atoms with Crippen LogP contribution in [-0.2, 0) is 6.42 Å². The first-order chi connectivity index (χ1) is 14.3. The van der Waals surface area contributed by atoms with Crippen LogP contribution in [0, 0.1) is 35.0 Å². The number of allylic oxidation sites excluding steroid dienone is 2. The van der Waals surface area contributed by atoms with Crippen molar-refractivity contribution < 1.29 is 4.39 Å². The van der Waals surface area contributed by atoms with Gasteiger partial charge in [-0.15, -0.1) is 0 Å². The summed E-state index contributed by atoms with van der Waals surface area (Å²) in [7, 11) is 0. The molecule has 3 rings (SSSR count). The minimum Gasteiger partial charge on any atom is -0.251 e. The Bertz CT molecular complexity index is 640. The van der Waals surface area contributed by atoms with Crippen LogP contribution in [0.2, 0.25) is 0 Å². The van der Waals surface area contributed by atoms with Crippen molar-refractivity contribution in [1.82, 2.24) is 0 Å². The van der Waals surface area contributed by atoms with E-state index < -0.39 is 0 Å². The van der Waals surface area contributed by atoms with Crippen LogP contribution in [0.15, 0.2) is 36.4 Å². The molecule has 0 saturated heterocycles. The standard InChI is InChI=1S/C27H38FN/c28-20-4-2-1-3-5-22-12-16-26(17-13-22)27-18-14-24(15-19-27)7-6-23-8-10-25(21-29)11-9-23/h1,3,8-11,22,24,26-27H,2,4-7,12-20H2/b3-1+. The quantitative estimate of drug-likeness (QED) is 0.309. The summed E-state index contributed by atoms with van der Waals surface area (Å²) in [6, 6.07) is 10.3. The van der Waals surface area contributed by atoms with Crippen LogP contribution in [0.25, 0.3) is 0 Å². The number of hydrogen-bond acceptors (Lipinski definition) is 1. The summed E-state index contributed by atoms with van der Waals surface area (Å²) in [6.07, 6.45) is 21.1. The summed E-state index contributed by atoms with van der Waals surface area (Å²) in [5.74, 6) is 3.72. The molecule has 0 radical (unpaired) electrons. The van der Waals surface area contributed by atoms with E-state index >= 15 is 0 Å². The van der Waals surface area contributed by atoms with Gasteiger partial charge >= 0.3 is 0 Å². The van der Waals surface area contributed by atoms with E-state index in [0.29, 0.717) is 6.42 Å². The van der Waals surface area contributed by atoms with Gasteiger partial charge in [-0.05, 0) is 112 Å². The third kappa shape index (κ3) is 7.29. The van der Waals surface area contributed by atoms with Gasteiger partial charge in [0.05, 0.1) is 18.3 Å². The Morgan fingerprint density at radius 2 is 1.48 bits per heavy atom. The number of nitriles is 1. The lowest BCUT2D eigenvalue weighted by Gasteiger charge is -2.37. The van der Waals surface area contributed by atoms with Gasteiger partial charge in [-0.25, -0.2) is 0 Å². The first-order valence-corrected chi connectivity index (χ1v) is 12.0. The smallest absolute Gasteiger partial charge is 0.0991 e. The van der Waals surface area contributed by atoms with Crippen molar-refractivity contribution in [1.29, 1.82) is 5.26 Å². The van der Waals surface area contributed by atoms with Crippen LogP contribution in [0.4, 0.5) is 4.39 Å². The van der Waals surface area contributed by atoms with Crippen LogP contribution < -0.4 is 0 Å². The fourth-order valence-corrected chi connectivity index (χ4v) is 5.56. The van der Waals surface area contributed by atoms with Gasteiger partial charge in [0.2, 0.25) is 0 Å². The molecule has 29 heavy (non-hydrogen) atoms. The maximum atomic E-state index is 12.1. The molecule has 0 amide bonds. The number of aryl methyl sites for hydroxylation is 1. The third-order valence-corrected chi connectivity index (χ3v) is 7.51. The molecule has 1 aromatic carbocycles. The number of halogens is 1. The van der Waals surface area contributed by atoms with Gasteiger partial charge in [-0.2, -0.15) is 5.26 Å². The molecule has 0 aliphatic heterocycles. The van der Waals surface area contributed by atoms with Gasteiger partial charge in [0.1, 0.15) is 0 Å². The molecule has 0 N–H and O–H groups in total. The molecule has 0 aromatic heterocycles. The second kappa shape index (κ2) is 12.2. The highest BCUT2D eigenvalue weighted by Crippen LogP contribution is 2.42. The Morgan fingerprint density at radius 1 is 0.862 bits per heavy atom. The molecule has 2 heteroatoms. The maximum Gasteiger partial charge on any atom is 0.0991 e. The van der Waals surface area contributed by atoms with E-state index in [1.54, 1.807) is 0 Å². The number of unbranched alkanes of at least 4 members (excludes halogenated alkanes) is 1. The lowest BCUT2D eigenvalue weighted by atomic mass is 9.68. The zero-order valence-corrected chi connectivity index (χ0v) is 18.0. The number of alkyl halides is 1. The minimum absolute atomic E-state index is 0.187. The molecule has 0 heterocycles. The van der Waals surface area contributed by atoms with Gasteiger partial charge < -0.3 is 0 Å². The van der Waals surface area contributed by atoms with Crippen LogP contribution in [0.5, 0.6) is 0 Å². The number of rotatable bonds is 9. The van der Waals surface area contributed by atoms with Crippen LogP contribution in [-0.4, -0.2) is 6.67 Å². The predicted octanol–water partition coefficient (Wildman–Crippen LogP) is 7.80. The third-order valence-electron chi connectivity index (χ3n) is 7.51. The minimum atomic E-state index is -0.187. The van der Waals surface area contributed by atoms with Crippen molar-refractivity contribution in [3.05, 3.63) is 47.5 Å². The second-order valence-electron chi connectivity index (χ2n) is 9.45. The van der Waals surface area contributed by atoms with Crippen molar-refractivity contribution in [3.8, 4) is 6.07 Å². The fraction of sp³-hybridized carbons (Fsp3) is 0.667. The Morgan fingerprint density at radius 3 is 2.07 bits per heavy atom. The van der Waals surface area contributed by atoms with Crippen LogP contribution in [0.1, 0.15) is 88.2 Å². The highest BCUT2D eigenvalue weighted by Gasteiger charge is 2.30. The van der Waals surface area contributed by atoms with E-state index in [4.69, 9.17) is 5.26 Å². The number of benzene rings is 1. The lowest BCUT2D eigenvalue weighted by Crippen LogP contribution is -2.26. The van der Waals surface area contributed by atoms with E-state index in [-0.39, 0.29) is 6.67 Å². The normalized spacial score (nSPS) is 27.7. The lowest BCUT2D eigenvalue weighted by molar-refractivity contribution is 0.144. The first-order valence-electron chi connectivity index (χ1n) is 12.0. The van der Waals surface area contributed by atoms with Gasteiger partial charge in [0, 0.05) is 0 Å². The van der Waals surface area contributed by atoms with E-state index in [2.05, 4.69) is 30.4 Å². The first kappa shape index (κ1) is 22.1. The zero-order chi connectivity index (χ0) is 20.3. The number of hydrogen-bond donors (Lipinski definition) is 0. The Kier molecular flexibility index (Phi) is 9.26. The van der Waals surface area contributed by atoms with Crippen LogP contribution >= 0.6 is 0 Å². The summed E-state index contributed by atoms with van der Waals surface area (Å²) in [4.78, 5) is 0. The molecule has 0 bridgehead atoms. The van der Waals surface area contributed by atoms with E-state index in [0.717, 1.165) is 42.1 Å². The average molecular weight is 396 g/mol. The van der Waals surface area contributed by atoms with E-state index in [1.807, 2.05) is 12.1 Å². The summed E-state index contributed by atoms with van der Waals surface area (Å²) < 4.78 is 12.1.